The second kappa shape index (κ2) is 9.60. The lowest BCUT2D eigenvalue weighted by Gasteiger charge is -2.08. The van der Waals surface area contributed by atoms with Crippen molar-refractivity contribution in [3.05, 3.63) is 54.1 Å². The molecule has 0 aliphatic carbocycles. The van der Waals surface area contributed by atoms with Crippen molar-refractivity contribution in [1.29, 1.82) is 0 Å². The summed E-state index contributed by atoms with van der Waals surface area (Å²) in [5, 5.41) is 0. The van der Waals surface area contributed by atoms with E-state index < -0.39 is 0 Å². The molecule has 0 unspecified atom stereocenters. The molecule has 0 aromatic heterocycles. The topological polar surface area (TPSA) is 44.8 Å². The maximum atomic E-state index is 11.8. The van der Waals surface area contributed by atoms with Crippen LogP contribution in [0.5, 0.6) is 17.2 Å². The Bertz CT molecular complexity index is 617. The van der Waals surface area contributed by atoms with Crippen molar-refractivity contribution < 1.29 is 19.0 Å². The second-order valence-electron chi connectivity index (χ2n) is 5.50. The van der Waals surface area contributed by atoms with Gasteiger partial charge in [-0.3, -0.25) is 4.79 Å². The molecular weight excluding hydrogens is 304 g/mol. The molecule has 0 saturated carbocycles. The lowest BCUT2D eigenvalue weighted by atomic mass is 10.1. The largest absolute Gasteiger partial charge is 0.497 e. The van der Waals surface area contributed by atoms with Crippen molar-refractivity contribution in [1.82, 2.24) is 0 Å². The summed E-state index contributed by atoms with van der Waals surface area (Å²) in [6.07, 6.45) is 3.08. The van der Waals surface area contributed by atoms with Crippen LogP contribution >= 0.6 is 0 Å². The highest BCUT2D eigenvalue weighted by Crippen LogP contribution is 2.17. The van der Waals surface area contributed by atoms with E-state index in [0.717, 1.165) is 24.3 Å². The predicted molar refractivity (Wildman–Crippen MR) is 93.8 cm³/mol. The molecule has 0 amide bonds. The molecule has 0 aliphatic heterocycles. The first-order valence-corrected chi connectivity index (χ1v) is 8.27. The Kier molecular flexibility index (Phi) is 7.15. The summed E-state index contributed by atoms with van der Waals surface area (Å²) in [7, 11) is 1.62. The molecule has 0 bridgehead atoms. The van der Waals surface area contributed by atoms with E-state index in [0.29, 0.717) is 25.2 Å². The molecule has 4 nitrogen and oxygen atoms in total. The number of rotatable bonds is 9. The van der Waals surface area contributed by atoms with Gasteiger partial charge in [0.2, 0.25) is 0 Å². The third-order valence-electron chi connectivity index (χ3n) is 3.55. The van der Waals surface area contributed by atoms with E-state index >= 15 is 0 Å². The van der Waals surface area contributed by atoms with Crippen LogP contribution in [0.1, 0.15) is 31.7 Å². The average molecular weight is 328 g/mol. The molecule has 0 fully saturated rings. The number of methoxy groups -OCH3 is 1. The molecule has 0 atom stereocenters. The number of ether oxygens (including phenoxy) is 3. The molecule has 0 N–H and O–H groups in total. The molecule has 2 rings (SSSR count). The summed E-state index contributed by atoms with van der Waals surface area (Å²) >= 11 is 0. The van der Waals surface area contributed by atoms with Gasteiger partial charge in [0.05, 0.1) is 13.7 Å². The Hall–Kier alpha value is -2.49. The number of esters is 1. The molecule has 128 valence electrons. The second-order valence-corrected chi connectivity index (χ2v) is 5.50. The van der Waals surface area contributed by atoms with E-state index in [9.17, 15) is 4.79 Å². The van der Waals surface area contributed by atoms with E-state index in [4.69, 9.17) is 14.2 Å². The van der Waals surface area contributed by atoms with E-state index in [1.807, 2.05) is 48.5 Å². The summed E-state index contributed by atoms with van der Waals surface area (Å²) in [5.74, 6) is 1.90. The highest BCUT2D eigenvalue weighted by atomic mass is 16.5. The summed E-state index contributed by atoms with van der Waals surface area (Å²) in [4.78, 5) is 11.8. The van der Waals surface area contributed by atoms with E-state index in [2.05, 4.69) is 6.92 Å². The van der Waals surface area contributed by atoms with Crippen LogP contribution in [-0.2, 0) is 11.2 Å². The van der Waals surface area contributed by atoms with Crippen molar-refractivity contribution in [2.75, 3.05) is 13.7 Å². The number of hydrogen-bond acceptors (Lipinski definition) is 4. The Balaban J connectivity index is 1.67. The standard InChI is InChI=1S/C20H24O4/c1-3-5-16-7-9-19(10-8-16)24-20(21)6-4-15-23-18-13-11-17(22-2)12-14-18/h7-14H,3-6,15H2,1-2H3. The van der Waals surface area contributed by atoms with E-state index in [1.54, 1.807) is 7.11 Å². The van der Waals surface area contributed by atoms with Crippen molar-refractivity contribution in [2.24, 2.45) is 0 Å². The summed E-state index contributed by atoms with van der Waals surface area (Å²) in [5.41, 5.74) is 1.25. The molecule has 0 heterocycles. The monoisotopic (exact) mass is 328 g/mol. The quantitative estimate of drug-likeness (QED) is 0.388. The zero-order valence-electron chi connectivity index (χ0n) is 14.3. The van der Waals surface area contributed by atoms with Gasteiger partial charge in [0, 0.05) is 6.42 Å². The highest BCUT2D eigenvalue weighted by Gasteiger charge is 2.05. The molecule has 0 spiro atoms. The summed E-state index contributed by atoms with van der Waals surface area (Å²) in [6.45, 7) is 2.61. The van der Waals surface area contributed by atoms with Gasteiger partial charge >= 0.3 is 5.97 Å². The van der Waals surface area contributed by atoms with Gasteiger partial charge in [-0.2, -0.15) is 0 Å². The average Bonchev–Trinajstić information content (AvgIpc) is 2.61. The van der Waals surface area contributed by atoms with Crippen LogP contribution in [0.3, 0.4) is 0 Å². The van der Waals surface area contributed by atoms with Crippen LogP contribution in [-0.4, -0.2) is 19.7 Å². The minimum Gasteiger partial charge on any atom is -0.497 e. The molecule has 4 heteroatoms. The first-order chi connectivity index (χ1) is 11.7. The molecular formula is C20H24O4. The lowest BCUT2D eigenvalue weighted by Crippen LogP contribution is -2.10. The van der Waals surface area contributed by atoms with Gasteiger partial charge in [-0.25, -0.2) is 0 Å². The van der Waals surface area contributed by atoms with E-state index in [-0.39, 0.29) is 5.97 Å². The van der Waals surface area contributed by atoms with Gasteiger partial charge in [0.25, 0.3) is 0 Å². The number of hydrogen-bond donors (Lipinski definition) is 0. The van der Waals surface area contributed by atoms with Gasteiger partial charge in [-0.15, -0.1) is 0 Å². The maximum absolute atomic E-state index is 11.8. The number of carbonyl (C=O) groups is 1. The van der Waals surface area contributed by atoms with Gasteiger partial charge in [-0.1, -0.05) is 25.5 Å². The van der Waals surface area contributed by atoms with Crippen LogP contribution in [0, 0.1) is 0 Å². The first kappa shape index (κ1) is 17.9. The zero-order chi connectivity index (χ0) is 17.2. The minimum absolute atomic E-state index is 0.239. The Labute approximate surface area is 143 Å². The van der Waals surface area contributed by atoms with Crippen molar-refractivity contribution in [3.63, 3.8) is 0 Å². The molecule has 2 aromatic carbocycles. The fourth-order valence-corrected chi connectivity index (χ4v) is 2.27. The van der Waals surface area contributed by atoms with Crippen molar-refractivity contribution >= 4 is 5.97 Å². The SMILES string of the molecule is CCCc1ccc(OC(=O)CCCOc2ccc(OC)cc2)cc1. The van der Waals surface area contributed by atoms with E-state index in [1.165, 1.54) is 5.56 Å². The molecule has 0 saturated heterocycles. The molecule has 24 heavy (non-hydrogen) atoms. The lowest BCUT2D eigenvalue weighted by molar-refractivity contribution is -0.134. The predicted octanol–water partition coefficient (Wildman–Crippen LogP) is 4.41. The minimum atomic E-state index is -0.239. The number of benzene rings is 2. The molecule has 0 radical (unpaired) electrons. The fraction of sp³-hybridized carbons (Fsp3) is 0.350. The zero-order valence-corrected chi connectivity index (χ0v) is 14.3. The van der Waals surface area contributed by atoms with Gasteiger partial charge < -0.3 is 14.2 Å². The van der Waals surface area contributed by atoms with Gasteiger partial charge in [0.1, 0.15) is 17.2 Å². The van der Waals surface area contributed by atoms with Crippen LogP contribution in [0.25, 0.3) is 0 Å². The molecule has 0 aliphatic rings. The maximum Gasteiger partial charge on any atom is 0.311 e. The number of aryl methyl sites for hydroxylation is 1. The fourth-order valence-electron chi connectivity index (χ4n) is 2.27. The smallest absolute Gasteiger partial charge is 0.311 e. The van der Waals surface area contributed by atoms with Crippen LogP contribution in [0.15, 0.2) is 48.5 Å². The van der Waals surface area contributed by atoms with Crippen molar-refractivity contribution in [2.45, 2.75) is 32.6 Å². The van der Waals surface area contributed by atoms with Crippen LogP contribution < -0.4 is 14.2 Å². The van der Waals surface area contributed by atoms with Crippen LogP contribution in [0.4, 0.5) is 0 Å². The third kappa shape index (κ3) is 5.95. The molecule has 2 aromatic rings. The third-order valence-corrected chi connectivity index (χ3v) is 3.55. The number of carbonyl (C=O) groups excluding carboxylic acids is 1. The summed E-state index contributed by atoms with van der Waals surface area (Å²) < 4.78 is 16.0. The van der Waals surface area contributed by atoms with Gasteiger partial charge in [0.15, 0.2) is 0 Å². The van der Waals surface area contributed by atoms with Gasteiger partial charge in [-0.05, 0) is 54.8 Å². The highest BCUT2D eigenvalue weighted by molar-refractivity contribution is 5.72. The Morgan fingerprint density at radius 2 is 1.54 bits per heavy atom. The first-order valence-electron chi connectivity index (χ1n) is 8.27. The Morgan fingerprint density at radius 1 is 0.917 bits per heavy atom. The summed E-state index contributed by atoms with van der Waals surface area (Å²) in [6, 6.07) is 15.0. The Morgan fingerprint density at radius 3 is 2.17 bits per heavy atom. The van der Waals surface area contributed by atoms with Crippen LogP contribution in [0.2, 0.25) is 0 Å². The van der Waals surface area contributed by atoms with Crippen molar-refractivity contribution in [3.8, 4) is 17.2 Å². The normalized spacial score (nSPS) is 10.2.